The van der Waals surface area contributed by atoms with E-state index in [9.17, 15) is 19.1 Å². The summed E-state index contributed by atoms with van der Waals surface area (Å²) in [4.78, 5) is 31.3. The molecule has 30 heavy (non-hydrogen) atoms. The monoisotopic (exact) mass is 402 g/mol. The van der Waals surface area contributed by atoms with Crippen LogP contribution in [0.5, 0.6) is 0 Å². The Morgan fingerprint density at radius 3 is 2.40 bits per heavy atom. The summed E-state index contributed by atoms with van der Waals surface area (Å²) in [7, 11) is 0. The molecule has 3 aromatic rings. The summed E-state index contributed by atoms with van der Waals surface area (Å²) in [6, 6.07) is 15.3. The third-order valence-corrected chi connectivity index (χ3v) is 5.13. The Hall–Kier alpha value is -3.80. The van der Waals surface area contributed by atoms with Crippen LogP contribution in [-0.2, 0) is 16.1 Å². The molecule has 0 bridgehead atoms. The Morgan fingerprint density at radius 2 is 1.77 bits per heavy atom. The Kier molecular flexibility index (Phi) is 5.14. The molecule has 2 heterocycles. The van der Waals surface area contributed by atoms with Crippen molar-refractivity contribution in [1.29, 1.82) is 0 Å². The molecule has 1 aromatic heterocycles. The van der Waals surface area contributed by atoms with E-state index in [1.54, 1.807) is 36.7 Å². The van der Waals surface area contributed by atoms with Crippen molar-refractivity contribution in [3.05, 3.63) is 107 Å². The molecular weight excluding hydrogens is 383 g/mol. The molecule has 0 aliphatic carbocycles. The Bertz CT molecular complexity index is 1120. The van der Waals surface area contributed by atoms with Crippen LogP contribution in [0.1, 0.15) is 28.3 Å². The van der Waals surface area contributed by atoms with Gasteiger partial charge in [-0.3, -0.25) is 14.6 Å². The number of carbonyl (C=O) groups is 2. The van der Waals surface area contributed by atoms with E-state index in [0.717, 1.165) is 11.1 Å². The highest BCUT2D eigenvalue weighted by molar-refractivity contribution is 6.46. The fourth-order valence-electron chi connectivity index (χ4n) is 3.59. The predicted molar refractivity (Wildman–Crippen MR) is 110 cm³/mol. The highest BCUT2D eigenvalue weighted by atomic mass is 19.1. The van der Waals surface area contributed by atoms with E-state index in [4.69, 9.17) is 0 Å². The van der Waals surface area contributed by atoms with Crippen molar-refractivity contribution < 1.29 is 19.1 Å². The van der Waals surface area contributed by atoms with Gasteiger partial charge in [0.05, 0.1) is 11.6 Å². The number of benzene rings is 2. The average molecular weight is 402 g/mol. The van der Waals surface area contributed by atoms with Crippen molar-refractivity contribution in [3.63, 3.8) is 0 Å². The number of hydrogen-bond acceptors (Lipinski definition) is 4. The summed E-state index contributed by atoms with van der Waals surface area (Å²) in [6.07, 6.45) is 3.23. The van der Waals surface area contributed by atoms with Crippen LogP contribution < -0.4 is 0 Å². The number of aryl methyl sites for hydroxylation is 1. The number of aromatic nitrogens is 1. The molecule has 1 aliphatic heterocycles. The Balaban J connectivity index is 1.85. The molecule has 1 unspecified atom stereocenters. The summed E-state index contributed by atoms with van der Waals surface area (Å²) < 4.78 is 13.5. The van der Waals surface area contributed by atoms with Gasteiger partial charge in [-0.15, -0.1) is 0 Å². The predicted octanol–water partition coefficient (Wildman–Crippen LogP) is 4.15. The van der Waals surface area contributed by atoms with Crippen molar-refractivity contribution in [2.75, 3.05) is 0 Å². The summed E-state index contributed by atoms with van der Waals surface area (Å²) in [6.45, 7) is 2.04. The van der Waals surface area contributed by atoms with Crippen LogP contribution in [0, 0.1) is 12.7 Å². The summed E-state index contributed by atoms with van der Waals surface area (Å²) in [5, 5.41) is 11.0. The number of likely N-dealkylation sites (tertiary alicyclic amines) is 1. The first-order chi connectivity index (χ1) is 14.5. The number of nitrogens with zero attached hydrogens (tertiary/aromatic N) is 2. The van der Waals surface area contributed by atoms with Gasteiger partial charge in [0.25, 0.3) is 11.7 Å². The lowest BCUT2D eigenvalue weighted by atomic mass is 9.95. The highest BCUT2D eigenvalue weighted by Gasteiger charge is 2.46. The van der Waals surface area contributed by atoms with Gasteiger partial charge in [-0.1, -0.05) is 48.0 Å². The standard InChI is InChI=1S/C24H19FN2O3/c1-15-4-6-18(7-5-15)22(28)20-21(17-8-10-19(25)11-9-17)27(24(30)23(20)29)14-16-3-2-12-26-13-16/h2-13,21,28H,14H2,1H3/b22-20-. The summed E-state index contributed by atoms with van der Waals surface area (Å²) in [5.41, 5.74) is 2.69. The zero-order valence-electron chi connectivity index (χ0n) is 16.2. The number of Topliss-reactive ketones (excluding diaryl/α,β-unsaturated/α-hetero) is 1. The molecule has 0 saturated carbocycles. The number of rotatable bonds is 4. The van der Waals surface area contributed by atoms with Gasteiger partial charge < -0.3 is 10.0 Å². The second-order valence-corrected chi connectivity index (χ2v) is 7.21. The van der Waals surface area contributed by atoms with E-state index >= 15 is 0 Å². The first kappa shape index (κ1) is 19.5. The highest BCUT2D eigenvalue weighted by Crippen LogP contribution is 2.40. The molecule has 0 radical (unpaired) electrons. The first-order valence-electron chi connectivity index (χ1n) is 9.45. The van der Waals surface area contributed by atoms with Crippen LogP contribution in [0.4, 0.5) is 4.39 Å². The lowest BCUT2D eigenvalue weighted by molar-refractivity contribution is -0.140. The number of halogens is 1. The molecule has 1 saturated heterocycles. The van der Waals surface area contributed by atoms with Gasteiger partial charge in [0.15, 0.2) is 0 Å². The molecular formula is C24H19FN2O3. The molecule has 1 N–H and O–H groups in total. The second-order valence-electron chi connectivity index (χ2n) is 7.21. The third kappa shape index (κ3) is 3.59. The van der Waals surface area contributed by atoms with E-state index in [0.29, 0.717) is 11.1 Å². The fourth-order valence-corrected chi connectivity index (χ4v) is 3.59. The zero-order valence-corrected chi connectivity index (χ0v) is 16.2. The van der Waals surface area contributed by atoms with Crippen LogP contribution in [0.2, 0.25) is 0 Å². The van der Waals surface area contributed by atoms with Crippen molar-refractivity contribution >= 4 is 17.4 Å². The van der Waals surface area contributed by atoms with Crippen molar-refractivity contribution in [3.8, 4) is 0 Å². The van der Waals surface area contributed by atoms with Gasteiger partial charge in [0.1, 0.15) is 11.6 Å². The Labute approximate surface area is 173 Å². The molecule has 6 heteroatoms. The number of carbonyl (C=O) groups excluding carboxylic acids is 2. The molecule has 1 aliphatic rings. The lowest BCUT2D eigenvalue weighted by Crippen LogP contribution is -2.29. The fraction of sp³-hybridized carbons (Fsp3) is 0.125. The van der Waals surface area contributed by atoms with Crippen LogP contribution in [-0.4, -0.2) is 26.7 Å². The molecule has 1 atom stereocenters. The summed E-state index contributed by atoms with van der Waals surface area (Å²) in [5.74, 6) is -2.18. The van der Waals surface area contributed by atoms with E-state index in [1.165, 1.54) is 29.2 Å². The minimum Gasteiger partial charge on any atom is -0.507 e. The van der Waals surface area contributed by atoms with Gasteiger partial charge in [0, 0.05) is 24.5 Å². The number of aliphatic hydroxyl groups excluding tert-OH is 1. The summed E-state index contributed by atoms with van der Waals surface area (Å²) >= 11 is 0. The van der Waals surface area contributed by atoms with Gasteiger partial charge in [-0.2, -0.15) is 0 Å². The number of ketones is 1. The van der Waals surface area contributed by atoms with E-state index in [1.807, 2.05) is 19.1 Å². The lowest BCUT2D eigenvalue weighted by Gasteiger charge is -2.25. The zero-order chi connectivity index (χ0) is 21.3. The van der Waals surface area contributed by atoms with Crippen LogP contribution in [0.15, 0.2) is 78.6 Å². The quantitative estimate of drug-likeness (QED) is 0.404. The van der Waals surface area contributed by atoms with Crippen LogP contribution >= 0.6 is 0 Å². The maximum atomic E-state index is 13.5. The molecule has 4 rings (SSSR count). The minimum atomic E-state index is -0.841. The molecule has 5 nitrogen and oxygen atoms in total. The minimum absolute atomic E-state index is 0.0145. The first-order valence-corrected chi connectivity index (χ1v) is 9.45. The van der Waals surface area contributed by atoms with E-state index in [-0.39, 0.29) is 17.9 Å². The topological polar surface area (TPSA) is 70.5 Å². The third-order valence-electron chi connectivity index (χ3n) is 5.13. The number of amides is 1. The smallest absolute Gasteiger partial charge is 0.295 e. The van der Waals surface area contributed by atoms with Crippen molar-refractivity contribution in [2.24, 2.45) is 0 Å². The maximum Gasteiger partial charge on any atom is 0.295 e. The average Bonchev–Trinajstić information content (AvgIpc) is 3.00. The molecule has 150 valence electrons. The van der Waals surface area contributed by atoms with Crippen LogP contribution in [0.25, 0.3) is 5.76 Å². The van der Waals surface area contributed by atoms with Gasteiger partial charge in [-0.05, 0) is 36.2 Å². The number of pyridine rings is 1. The van der Waals surface area contributed by atoms with Crippen LogP contribution in [0.3, 0.4) is 0 Å². The van der Waals surface area contributed by atoms with Gasteiger partial charge in [0.2, 0.25) is 0 Å². The number of hydrogen-bond donors (Lipinski definition) is 1. The SMILES string of the molecule is Cc1ccc(/C(O)=C2/C(=O)C(=O)N(Cc3cccnc3)C2c2ccc(F)cc2)cc1. The normalized spacial score (nSPS) is 18.1. The molecule has 1 fully saturated rings. The Morgan fingerprint density at radius 1 is 1.07 bits per heavy atom. The van der Waals surface area contributed by atoms with Crippen molar-refractivity contribution in [1.82, 2.24) is 9.88 Å². The van der Waals surface area contributed by atoms with Gasteiger partial charge in [-0.25, -0.2) is 4.39 Å². The van der Waals surface area contributed by atoms with Crippen molar-refractivity contribution in [2.45, 2.75) is 19.5 Å². The molecule has 1 amide bonds. The number of aliphatic hydroxyl groups is 1. The molecule has 0 spiro atoms. The van der Waals surface area contributed by atoms with Gasteiger partial charge >= 0.3 is 0 Å². The largest absolute Gasteiger partial charge is 0.507 e. The maximum absolute atomic E-state index is 13.5. The van der Waals surface area contributed by atoms with E-state index in [2.05, 4.69) is 4.98 Å². The molecule has 2 aromatic carbocycles. The van der Waals surface area contributed by atoms with E-state index < -0.39 is 23.5 Å². The second kappa shape index (κ2) is 7.91.